The highest BCUT2D eigenvalue weighted by Crippen LogP contribution is 2.40. The van der Waals surface area contributed by atoms with Crippen molar-refractivity contribution in [3.8, 4) is 11.5 Å². The SMILES string of the molecule is O=C(c1scc2c1OCCO2)N1CCCO[C@H](Cn2cccn2)C1. The van der Waals surface area contributed by atoms with Crippen LogP contribution in [0.2, 0.25) is 0 Å². The van der Waals surface area contributed by atoms with Gasteiger partial charge in [-0.25, -0.2) is 0 Å². The lowest BCUT2D eigenvalue weighted by molar-refractivity contribution is 0.0367. The minimum absolute atomic E-state index is 0.0114. The zero-order chi connectivity index (χ0) is 16.4. The summed E-state index contributed by atoms with van der Waals surface area (Å²) in [5, 5.41) is 6.06. The number of aromatic nitrogens is 2. The third-order valence-corrected chi connectivity index (χ3v) is 5.01. The summed E-state index contributed by atoms with van der Waals surface area (Å²) in [5.41, 5.74) is 0. The highest BCUT2D eigenvalue weighted by Gasteiger charge is 2.29. The Morgan fingerprint density at radius 1 is 1.33 bits per heavy atom. The fraction of sp³-hybridized carbons (Fsp3) is 0.500. The second-order valence-electron chi connectivity index (χ2n) is 5.78. The molecule has 2 aliphatic heterocycles. The third kappa shape index (κ3) is 3.11. The molecule has 0 saturated carbocycles. The van der Waals surface area contributed by atoms with E-state index in [2.05, 4.69) is 5.10 Å². The first-order valence-corrected chi connectivity index (χ1v) is 8.94. The summed E-state index contributed by atoms with van der Waals surface area (Å²) in [6.45, 7) is 3.53. The standard InChI is InChI=1S/C16H19N3O4S/c20-16(15-14-13(11-24-15)22-7-8-23-14)18-4-2-6-21-12(9-18)10-19-5-1-3-17-19/h1,3,5,11-12H,2,4,6-10H2/t12-/m0/s1. The number of carbonyl (C=O) groups is 1. The van der Waals surface area contributed by atoms with E-state index < -0.39 is 0 Å². The molecule has 2 aromatic rings. The molecule has 0 unspecified atom stereocenters. The summed E-state index contributed by atoms with van der Waals surface area (Å²) in [5.74, 6) is 1.25. The quantitative estimate of drug-likeness (QED) is 0.843. The van der Waals surface area contributed by atoms with Crippen molar-refractivity contribution >= 4 is 17.2 Å². The van der Waals surface area contributed by atoms with E-state index in [1.54, 1.807) is 6.20 Å². The van der Waals surface area contributed by atoms with Gasteiger partial charge in [0.05, 0.1) is 12.6 Å². The third-order valence-electron chi connectivity index (χ3n) is 4.08. The maximum absolute atomic E-state index is 13.0. The van der Waals surface area contributed by atoms with Gasteiger partial charge in [0.25, 0.3) is 5.91 Å². The van der Waals surface area contributed by atoms with Crippen LogP contribution in [0, 0.1) is 0 Å². The van der Waals surface area contributed by atoms with Gasteiger partial charge in [-0.2, -0.15) is 5.10 Å². The summed E-state index contributed by atoms with van der Waals surface area (Å²) in [6.07, 6.45) is 4.41. The van der Waals surface area contributed by atoms with E-state index in [-0.39, 0.29) is 12.0 Å². The van der Waals surface area contributed by atoms with Gasteiger partial charge >= 0.3 is 0 Å². The molecule has 8 heteroatoms. The van der Waals surface area contributed by atoms with Crippen LogP contribution in [-0.2, 0) is 11.3 Å². The summed E-state index contributed by atoms with van der Waals surface area (Å²) in [6, 6.07) is 1.88. The predicted octanol–water partition coefficient (Wildman–Crippen LogP) is 1.65. The van der Waals surface area contributed by atoms with E-state index in [1.807, 2.05) is 27.2 Å². The second-order valence-corrected chi connectivity index (χ2v) is 6.66. The van der Waals surface area contributed by atoms with Crippen molar-refractivity contribution in [1.29, 1.82) is 0 Å². The van der Waals surface area contributed by atoms with E-state index in [1.165, 1.54) is 11.3 Å². The van der Waals surface area contributed by atoms with Gasteiger partial charge in [-0.1, -0.05) is 0 Å². The number of fused-ring (bicyclic) bond motifs is 1. The Bertz CT molecular complexity index is 700. The van der Waals surface area contributed by atoms with E-state index in [4.69, 9.17) is 14.2 Å². The molecule has 0 bridgehead atoms. The van der Waals surface area contributed by atoms with Crippen LogP contribution < -0.4 is 9.47 Å². The smallest absolute Gasteiger partial charge is 0.267 e. The molecule has 7 nitrogen and oxygen atoms in total. The van der Waals surface area contributed by atoms with Gasteiger partial charge in [0, 0.05) is 37.5 Å². The van der Waals surface area contributed by atoms with E-state index in [9.17, 15) is 4.79 Å². The minimum atomic E-state index is -0.0655. The van der Waals surface area contributed by atoms with Crippen molar-refractivity contribution in [2.24, 2.45) is 0 Å². The number of hydrogen-bond donors (Lipinski definition) is 0. The van der Waals surface area contributed by atoms with E-state index >= 15 is 0 Å². The molecular formula is C16H19N3O4S. The van der Waals surface area contributed by atoms with Crippen molar-refractivity contribution < 1.29 is 19.0 Å². The van der Waals surface area contributed by atoms with Crippen molar-refractivity contribution in [3.05, 3.63) is 28.7 Å². The molecule has 1 amide bonds. The summed E-state index contributed by atoms with van der Waals surface area (Å²) in [7, 11) is 0. The molecule has 1 saturated heterocycles. The number of rotatable bonds is 3. The average Bonchev–Trinajstić information content (AvgIpc) is 3.20. The fourth-order valence-corrected chi connectivity index (χ4v) is 3.86. The van der Waals surface area contributed by atoms with Crippen LogP contribution in [0.4, 0.5) is 0 Å². The van der Waals surface area contributed by atoms with E-state index in [0.717, 1.165) is 6.42 Å². The van der Waals surface area contributed by atoms with Gasteiger partial charge in [0.2, 0.25) is 0 Å². The van der Waals surface area contributed by atoms with Gasteiger partial charge < -0.3 is 19.1 Å². The molecule has 2 aliphatic rings. The number of amides is 1. The maximum Gasteiger partial charge on any atom is 0.267 e. The van der Waals surface area contributed by atoms with Crippen molar-refractivity contribution in [1.82, 2.24) is 14.7 Å². The monoisotopic (exact) mass is 349 g/mol. The zero-order valence-corrected chi connectivity index (χ0v) is 14.0. The molecule has 0 aliphatic carbocycles. The van der Waals surface area contributed by atoms with Crippen LogP contribution >= 0.6 is 11.3 Å². The Morgan fingerprint density at radius 2 is 2.25 bits per heavy atom. The Hall–Kier alpha value is -2.06. The van der Waals surface area contributed by atoms with Crippen molar-refractivity contribution in [3.63, 3.8) is 0 Å². The molecule has 1 atom stereocenters. The van der Waals surface area contributed by atoms with Crippen LogP contribution in [0.15, 0.2) is 23.8 Å². The molecule has 4 heterocycles. The Balaban J connectivity index is 1.49. The molecule has 4 rings (SSSR count). The van der Waals surface area contributed by atoms with Gasteiger partial charge in [0.15, 0.2) is 11.5 Å². The first-order valence-electron chi connectivity index (χ1n) is 8.06. The maximum atomic E-state index is 13.0. The number of ether oxygens (including phenoxy) is 3. The molecule has 0 radical (unpaired) electrons. The van der Waals surface area contributed by atoms with Crippen LogP contribution in [0.25, 0.3) is 0 Å². The van der Waals surface area contributed by atoms with Crippen molar-refractivity contribution in [2.45, 2.75) is 19.1 Å². The molecule has 24 heavy (non-hydrogen) atoms. The fourth-order valence-electron chi connectivity index (χ4n) is 2.96. The number of nitrogens with zero attached hydrogens (tertiary/aromatic N) is 3. The first-order chi connectivity index (χ1) is 11.8. The number of hydrogen-bond acceptors (Lipinski definition) is 6. The van der Waals surface area contributed by atoms with Gasteiger partial charge in [-0.05, 0) is 12.5 Å². The average molecular weight is 349 g/mol. The predicted molar refractivity (Wildman–Crippen MR) is 87.8 cm³/mol. The normalized spacial score (nSPS) is 20.7. The molecule has 1 fully saturated rings. The van der Waals surface area contributed by atoms with Gasteiger partial charge in [-0.3, -0.25) is 9.48 Å². The summed E-state index contributed by atoms with van der Waals surface area (Å²) in [4.78, 5) is 15.4. The minimum Gasteiger partial charge on any atom is -0.485 e. The Morgan fingerprint density at radius 3 is 3.12 bits per heavy atom. The van der Waals surface area contributed by atoms with Gasteiger partial charge in [-0.15, -0.1) is 11.3 Å². The van der Waals surface area contributed by atoms with E-state index in [0.29, 0.717) is 55.8 Å². The highest BCUT2D eigenvalue weighted by atomic mass is 32.1. The topological polar surface area (TPSA) is 65.8 Å². The molecule has 128 valence electrons. The van der Waals surface area contributed by atoms with Crippen LogP contribution in [-0.4, -0.2) is 59.6 Å². The summed E-state index contributed by atoms with van der Waals surface area (Å²) < 4.78 is 18.9. The lowest BCUT2D eigenvalue weighted by Gasteiger charge is -2.24. The lowest BCUT2D eigenvalue weighted by Crippen LogP contribution is -2.38. The molecule has 2 aromatic heterocycles. The lowest BCUT2D eigenvalue weighted by atomic mass is 10.2. The zero-order valence-electron chi connectivity index (χ0n) is 13.2. The molecular weight excluding hydrogens is 330 g/mol. The molecule has 0 N–H and O–H groups in total. The van der Waals surface area contributed by atoms with Crippen LogP contribution in [0.5, 0.6) is 11.5 Å². The van der Waals surface area contributed by atoms with Crippen LogP contribution in [0.3, 0.4) is 0 Å². The number of carbonyl (C=O) groups excluding carboxylic acids is 1. The second kappa shape index (κ2) is 6.82. The largest absolute Gasteiger partial charge is 0.485 e. The highest BCUT2D eigenvalue weighted by molar-refractivity contribution is 7.12. The van der Waals surface area contributed by atoms with Gasteiger partial charge in [0.1, 0.15) is 18.1 Å². The van der Waals surface area contributed by atoms with Crippen LogP contribution in [0.1, 0.15) is 16.1 Å². The number of thiophene rings is 1. The molecule has 0 spiro atoms. The Kier molecular flexibility index (Phi) is 4.40. The first kappa shape index (κ1) is 15.5. The Labute approximate surface area is 143 Å². The molecule has 0 aromatic carbocycles. The van der Waals surface area contributed by atoms with Crippen molar-refractivity contribution in [2.75, 3.05) is 32.9 Å². The summed E-state index contributed by atoms with van der Waals surface area (Å²) >= 11 is 1.38.